The zero-order chi connectivity index (χ0) is 52.5. The van der Waals surface area contributed by atoms with Crippen LogP contribution in [0.15, 0.2) is 103 Å². The van der Waals surface area contributed by atoms with E-state index in [0.717, 1.165) is 33.3 Å². The second kappa shape index (κ2) is 23.5. The molecule has 2 saturated heterocycles. The van der Waals surface area contributed by atoms with Gasteiger partial charge in [-0.1, -0.05) is 69.8 Å². The molecule has 0 bridgehead atoms. The SMILES string of the molecule is C=CC(=O)N1CC(n2nc(-c3ccc(Oc4ccccc4)cc3)c3c(N)ncnc32)CC1C(=O)OCCOCCOCC(=O)NC(C(=O)N1CC(O)CC1C(=O)NCc1ccc(-c2scnc2C)cc1)C(C)(C)C. The normalized spacial score (nSPS) is 18.0. The van der Waals surface area contributed by atoms with E-state index in [4.69, 9.17) is 29.8 Å². The first kappa shape index (κ1) is 52.7. The molecular formula is C53H60N10O10S. The third-order valence-corrected chi connectivity index (χ3v) is 13.7. The van der Waals surface area contributed by atoms with E-state index in [1.807, 2.05) is 85.8 Å². The number of rotatable bonds is 20. The molecular weight excluding hydrogens is 969 g/mol. The van der Waals surface area contributed by atoms with Crippen LogP contribution in [0.3, 0.4) is 0 Å². The van der Waals surface area contributed by atoms with Crippen LogP contribution in [0, 0.1) is 12.3 Å². The summed E-state index contributed by atoms with van der Waals surface area (Å²) in [5.74, 6) is -1.01. The highest BCUT2D eigenvalue weighted by molar-refractivity contribution is 7.13. The van der Waals surface area contributed by atoms with Gasteiger partial charge in [-0.05, 0) is 65.9 Å². The number of likely N-dealkylation sites (tertiary alicyclic amines) is 2. The lowest BCUT2D eigenvalue weighted by molar-refractivity contribution is -0.153. The van der Waals surface area contributed by atoms with Crippen molar-refractivity contribution < 1.29 is 48.0 Å². The lowest BCUT2D eigenvalue weighted by Gasteiger charge is -2.35. The number of aromatic nitrogens is 5. The zero-order valence-corrected chi connectivity index (χ0v) is 42.5. The number of aryl methyl sites for hydroxylation is 1. The van der Waals surface area contributed by atoms with Gasteiger partial charge in [0.15, 0.2) is 5.65 Å². The Labute approximate surface area is 431 Å². The Hall–Kier alpha value is -7.59. The number of β-amino-alcohol motifs (C(OH)–C–C–N with tert-alkyl or cyclic N) is 1. The lowest BCUT2D eigenvalue weighted by atomic mass is 9.85. The van der Waals surface area contributed by atoms with Gasteiger partial charge in [0.25, 0.3) is 0 Å². The summed E-state index contributed by atoms with van der Waals surface area (Å²) >= 11 is 1.56. The molecule has 2 aliphatic rings. The number of hydrogen-bond acceptors (Lipinski definition) is 16. The Balaban J connectivity index is 0.785. The standard InChI is InChI=1S/C53H60N10O10S/c1-6-43(66)61-27-36(63-49-44(48(54)56-30-57-49)45(60-63)34-16-18-39(19-17-34)73-38-10-8-7-9-11-38)24-41(61)52(69)72-23-22-70-20-21-71-29-42(65)59-47(53(3,4)5)51(68)62-28-37(64)25-40(62)50(67)55-26-33-12-14-35(15-13-33)46-32(2)58-31-74-46/h6-19,30-31,36-37,40-41,47,64H,1,20-29H2,2-5H3,(H,55,67)(H,59,65)(H2,54,56,57). The number of anilines is 1. The van der Waals surface area contributed by atoms with Crippen LogP contribution in [0.4, 0.5) is 5.82 Å². The minimum atomic E-state index is -1.03. The molecule has 0 radical (unpaired) electrons. The molecule has 20 nitrogen and oxygen atoms in total. The van der Waals surface area contributed by atoms with Crippen molar-refractivity contribution in [3.63, 3.8) is 0 Å². The molecule has 5 heterocycles. The Morgan fingerprint density at radius 1 is 0.865 bits per heavy atom. The molecule has 0 saturated carbocycles. The van der Waals surface area contributed by atoms with Crippen molar-refractivity contribution in [1.82, 2.24) is 45.2 Å². The number of thiazole rings is 1. The number of esters is 1. The van der Waals surface area contributed by atoms with Gasteiger partial charge in [-0.15, -0.1) is 11.3 Å². The summed E-state index contributed by atoms with van der Waals surface area (Å²) in [7, 11) is 0. The highest BCUT2D eigenvalue weighted by atomic mass is 32.1. The smallest absolute Gasteiger partial charge is 0.329 e. The highest BCUT2D eigenvalue weighted by Crippen LogP contribution is 2.37. The van der Waals surface area contributed by atoms with Crippen molar-refractivity contribution in [2.45, 2.75) is 77.4 Å². The Morgan fingerprint density at radius 2 is 1.57 bits per heavy atom. The average Bonchev–Trinajstić information content (AvgIpc) is 4.21. The molecule has 3 aromatic carbocycles. The van der Waals surface area contributed by atoms with E-state index in [9.17, 15) is 29.1 Å². The Morgan fingerprint density at radius 3 is 2.27 bits per heavy atom. The number of para-hydroxylation sites is 1. The van der Waals surface area contributed by atoms with Crippen LogP contribution >= 0.6 is 11.3 Å². The largest absolute Gasteiger partial charge is 0.462 e. The van der Waals surface area contributed by atoms with Gasteiger partial charge in [-0.25, -0.2) is 24.4 Å². The van der Waals surface area contributed by atoms with Gasteiger partial charge < -0.3 is 50.2 Å². The third kappa shape index (κ3) is 12.4. The lowest BCUT2D eigenvalue weighted by Crippen LogP contribution is -2.58. The Kier molecular flexibility index (Phi) is 16.8. The molecule has 5 N–H and O–H groups in total. The summed E-state index contributed by atoms with van der Waals surface area (Å²) in [6, 6.07) is 21.1. The van der Waals surface area contributed by atoms with E-state index in [1.165, 1.54) is 16.1 Å². The van der Waals surface area contributed by atoms with E-state index in [2.05, 4.69) is 32.2 Å². The number of fused-ring (bicyclic) bond motifs is 1. The first-order chi connectivity index (χ1) is 35.6. The van der Waals surface area contributed by atoms with Crippen LogP contribution in [-0.4, -0.2) is 140 Å². The molecule has 8 rings (SSSR count). The van der Waals surface area contributed by atoms with Crippen LogP contribution < -0.4 is 21.1 Å². The molecule has 6 aromatic rings. The summed E-state index contributed by atoms with van der Waals surface area (Å²) < 4.78 is 24.4. The summed E-state index contributed by atoms with van der Waals surface area (Å²) in [4.78, 5) is 84.1. The fraction of sp³-hybridized carbons (Fsp3) is 0.377. The summed E-state index contributed by atoms with van der Waals surface area (Å²) in [6.07, 6.45) is 1.79. The van der Waals surface area contributed by atoms with E-state index in [-0.39, 0.29) is 71.3 Å². The molecule has 2 fully saturated rings. The molecule has 0 spiro atoms. The first-order valence-corrected chi connectivity index (χ1v) is 25.1. The molecule has 74 heavy (non-hydrogen) atoms. The predicted molar refractivity (Wildman–Crippen MR) is 275 cm³/mol. The minimum absolute atomic E-state index is 0.00190. The van der Waals surface area contributed by atoms with E-state index in [1.54, 1.807) is 42.3 Å². The van der Waals surface area contributed by atoms with Gasteiger partial charge in [0.2, 0.25) is 23.6 Å². The average molecular weight is 1030 g/mol. The maximum absolute atomic E-state index is 14.0. The van der Waals surface area contributed by atoms with Crippen molar-refractivity contribution in [1.29, 1.82) is 0 Å². The van der Waals surface area contributed by atoms with Crippen molar-refractivity contribution in [2.24, 2.45) is 5.41 Å². The zero-order valence-electron chi connectivity index (χ0n) is 41.6. The number of nitrogen functional groups attached to an aromatic ring is 1. The topological polar surface area (TPSA) is 256 Å². The van der Waals surface area contributed by atoms with Crippen LogP contribution in [0.25, 0.3) is 32.7 Å². The van der Waals surface area contributed by atoms with E-state index in [0.29, 0.717) is 28.2 Å². The molecule has 5 atom stereocenters. The number of carbonyl (C=O) groups is 5. The van der Waals surface area contributed by atoms with E-state index < -0.39 is 65.3 Å². The molecule has 3 aromatic heterocycles. The van der Waals surface area contributed by atoms with Gasteiger partial charge >= 0.3 is 5.97 Å². The van der Waals surface area contributed by atoms with Crippen molar-refractivity contribution in [2.75, 3.05) is 51.9 Å². The number of amides is 4. The monoisotopic (exact) mass is 1030 g/mol. The van der Waals surface area contributed by atoms with Crippen LogP contribution in [0.5, 0.6) is 11.5 Å². The van der Waals surface area contributed by atoms with Crippen LogP contribution in [0.1, 0.15) is 50.9 Å². The number of nitrogens with zero attached hydrogens (tertiary/aromatic N) is 7. The number of aliphatic hydroxyl groups is 1. The predicted octanol–water partition coefficient (Wildman–Crippen LogP) is 5.01. The molecule has 0 aliphatic carbocycles. The molecule has 21 heteroatoms. The number of benzene rings is 3. The van der Waals surface area contributed by atoms with E-state index >= 15 is 0 Å². The maximum atomic E-state index is 14.0. The summed E-state index contributed by atoms with van der Waals surface area (Å²) in [5.41, 5.74) is 12.0. The molecule has 388 valence electrons. The fourth-order valence-electron chi connectivity index (χ4n) is 9.00. The first-order valence-electron chi connectivity index (χ1n) is 24.2. The highest BCUT2D eigenvalue weighted by Gasteiger charge is 2.45. The number of aliphatic hydroxyl groups excluding tert-OH is 1. The van der Waals surface area contributed by atoms with Gasteiger partial charge in [0.05, 0.1) is 53.4 Å². The van der Waals surface area contributed by atoms with Crippen LogP contribution in [-0.2, 0) is 44.7 Å². The second-order valence-electron chi connectivity index (χ2n) is 19.1. The quantitative estimate of drug-likeness (QED) is 0.0445. The van der Waals surface area contributed by atoms with Gasteiger partial charge in [0, 0.05) is 38.0 Å². The Bertz CT molecular complexity index is 2960. The fourth-order valence-corrected chi connectivity index (χ4v) is 9.81. The second-order valence-corrected chi connectivity index (χ2v) is 19.9. The summed E-state index contributed by atoms with van der Waals surface area (Å²) in [6.45, 7) is 10.8. The van der Waals surface area contributed by atoms with Gasteiger partial charge in [-0.2, -0.15) is 5.10 Å². The number of hydrogen-bond donors (Lipinski definition) is 4. The number of nitrogens with one attached hydrogen (secondary N) is 2. The van der Waals surface area contributed by atoms with Crippen molar-refractivity contribution >= 4 is 57.8 Å². The number of nitrogens with two attached hydrogens (primary N) is 1. The molecule has 5 unspecified atom stereocenters. The maximum Gasteiger partial charge on any atom is 0.329 e. The summed E-state index contributed by atoms with van der Waals surface area (Å²) in [5, 5.41) is 21.7. The van der Waals surface area contributed by atoms with Gasteiger partial charge in [0.1, 0.15) is 60.7 Å². The van der Waals surface area contributed by atoms with Crippen LogP contribution in [0.2, 0.25) is 0 Å². The van der Waals surface area contributed by atoms with Crippen molar-refractivity contribution in [3.05, 3.63) is 115 Å². The number of carbonyl (C=O) groups excluding carboxylic acids is 5. The third-order valence-electron chi connectivity index (χ3n) is 12.8. The van der Waals surface area contributed by atoms with Gasteiger partial charge in [-0.3, -0.25) is 19.2 Å². The molecule has 2 aliphatic heterocycles. The van der Waals surface area contributed by atoms with Crippen molar-refractivity contribution in [3.8, 4) is 33.2 Å². The molecule has 4 amide bonds. The number of ether oxygens (including phenoxy) is 4. The minimum Gasteiger partial charge on any atom is -0.462 e.